The van der Waals surface area contributed by atoms with E-state index in [2.05, 4.69) is 5.32 Å². The monoisotopic (exact) mass is 441 g/mol. The predicted octanol–water partition coefficient (Wildman–Crippen LogP) is 3.70. The van der Waals surface area contributed by atoms with Crippen LogP contribution in [0.3, 0.4) is 0 Å². The molecule has 1 fully saturated rings. The molecule has 3 rings (SSSR count). The number of halogens is 3. The molecule has 2 heterocycles. The number of esters is 1. The van der Waals surface area contributed by atoms with Crippen molar-refractivity contribution in [1.82, 2.24) is 4.90 Å². The highest BCUT2D eigenvalue weighted by Crippen LogP contribution is 2.32. The molecular formula is C20H22F3N3O3S. The molecule has 1 saturated heterocycles. The van der Waals surface area contributed by atoms with Crippen molar-refractivity contribution in [3.8, 4) is 0 Å². The lowest BCUT2D eigenvalue weighted by molar-refractivity contribution is -0.137. The standard InChI is InChI=1S/C20H22F3N3O3S/c1-2-29-19(28)16-6-11-30-18(16)24-17(27)13-25-7-9-26(10-8-25)15-5-3-4-14(12-15)20(21,22)23/h3-6,11-12H,2,7-10,13H2,1H3,(H,24,27). The maximum absolute atomic E-state index is 12.9. The summed E-state index contributed by atoms with van der Waals surface area (Å²) in [6, 6.07) is 6.87. The SMILES string of the molecule is CCOC(=O)c1ccsc1NC(=O)CN1CCN(c2cccc(C(F)(F)F)c2)CC1. The lowest BCUT2D eigenvalue weighted by Gasteiger charge is -2.35. The number of anilines is 2. The molecule has 1 aliphatic heterocycles. The van der Waals surface area contributed by atoms with E-state index in [1.165, 1.54) is 17.4 Å². The predicted molar refractivity (Wildman–Crippen MR) is 109 cm³/mol. The minimum Gasteiger partial charge on any atom is -0.462 e. The maximum Gasteiger partial charge on any atom is 0.416 e. The van der Waals surface area contributed by atoms with Gasteiger partial charge in [0.2, 0.25) is 5.91 Å². The first-order valence-electron chi connectivity index (χ1n) is 9.47. The number of piperazine rings is 1. The van der Waals surface area contributed by atoms with E-state index in [4.69, 9.17) is 4.74 Å². The molecule has 1 aromatic carbocycles. The summed E-state index contributed by atoms with van der Waals surface area (Å²) in [6.45, 7) is 4.21. The van der Waals surface area contributed by atoms with Crippen LogP contribution in [0.2, 0.25) is 0 Å². The molecule has 6 nitrogen and oxygen atoms in total. The number of hydrogen-bond acceptors (Lipinski definition) is 6. The smallest absolute Gasteiger partial charge is 0.416 e. The van der Waals surface area contributed by atoms with Crippen molar-refractivity contribution in [2.24, 2.45) is 0 Å². The molecule has 30 heavy (non-hydrogen) atoms. The van der Waals surface area contributed by atoms with Crippen LogP contribution in [0.15, 0.2) is 35.7 Å². The topological polar surface area (TPSA) is 61.9 Å². The fourth-order valence-electron chi connectivity index (χ4n) is 3.19. The van der Waals surface area contributed by atoms with Crippen LogP contribution >= 0.6 is 11.3 Å². The van der Waals surface area contributed by atoms with E-state index in [1.54, 1.807) is 24.4 Å². The average Bonchev–Trinajstić information content (AvgIpc) is 3.16. The first-order valence-corrected chi connectivity index (χ1v) is 10.3. The molecule has 0 radical (unpaired) electrons. The second kappa shape index (κ2) is 9.48. The number of ether oxygens (including phenoxy) is 1. The van der Waals surface area contributed by atoms with Crippen LogP contribution in [0.4, 0.5) is 23.9 Å². The molecule has 0 aliphatic carbocycles. The minimum absolute atomic E-state index is 0.136. The van der Waals surface area contributed by atoms with Gasteiger partial charge >= 0.3 is 12.1 Å². The largest absolute Gasteiger partial charge is 0.462 e. The van der Waals surface area contributed by atoms with Gasteiger partial charge in [0.25, 0.3) is 0 Å². The highest BCUT2D eigenvalue weighted by atomic mass is 32.1. The van der Waals surface area contributed by atoms with Gasteiger partial charge in [-0.15, -0.1) is 11.3 Å². The second-order valence-corrected chi connectivity index (χ2v) is 7.66. The Kier molecular flexibility index (Phi) is 6.99. The molecule has 0 saturated carbocycles. The Hall–Kier alpha value is -2.59. The number of nitrogens with one attached hydrogen (secondary N) is 1. The number of rotatable bonds is 6. The van der Waals surface area contributed by atoms with Gasteiger partial charge in [-0.25, -0.2) is 4.79 Å². The third-order valence-electron chi connectivity index (χ3n) is 4.69. The average molecular weight is 441 g/mol. The molecule has 1 N–H and O–H groups in total. The first kappa shape index (κ1) is 22.1. The molecule has 1 amide bonds. The van der Waals surface area contributed by atoms with Crippen molar-refractivity contribution in [3.63, 3.8) is 0 Å². The van der Waals surface area contributed by atoms with Crippen LogP contribution in [0.25, 0.3) is 0 Å². The Morgan fingerprint density at radius 3 is 2.57 bits per heavy atom. The van der Waals surface area contributed by atoms with Crippen LogP contribution in [0, 0.1) is 0 Å². The summed E-state index contributed by atoms with van der Waals surface area (Å²) in [6.07, 6.45) is -4.37. The quantitative estimate of drug-likeness (QED) is 0.693. The zero-order chi connectivity index (χ0) is 21.7. The Morgan fingerprint density at radius 2 is 1.90 bits per heavy atom. The third kappa shape index (κ3) is 5.51. The fraction of sp³-hybridized carbons (Fsp3) is 0.400. The highest BCUT2D eigenvalue weighted by Gasteiger charge is 2.31. The van der Waals surface area contributed by atoms with Gasteiger partial charge in [-0.3, -0.25) is 9.69 Å². The Morgan fingerprint density at radius 1 is 1.17 bits per heavy atom. The van der Waals surface area contributed by atoms with Crippen molar-refractivity contribution in [2.75, 3.05) is 49.5 Å². The van der Waals surface area contributed by atoms with Crippen LogP contribution in [0.5, 0.6) is 0 Å². The van der Waals surface area contributed by atoms with Crippen LogP contribution < -0.4 is 10.2 Å². The van der Waals surface area contributed by atoms with Crippen molar-refractivity contribution in [2.45, 2.75) is 13.1 Å². The van der Waals surface area contributed by atoms with Gasteiger partial charge in [0.15, 0.2) is 0 Å². The summed E-state index contributed by atoms with van der Waals surface area (Å²) >= 11 is 1.24. The summed E-state index contributed by atoms with van der Waals surface area (Å²) < 4.78 is 43.7. The zero-order valence-corrected chi connectivity index (χ0v) is 17.2. The lowest BCUT2D eigenvalue weighted by atomic mass is 10.1. The number of benzene rings is 1. The summed E-state index contributed by atoms with van der Waals surface area (Å²) in [5.74, 6) is -0.737. The van der Waals surface area contributed by atoms with Crippen LogP contribution in [-0.2, 0) is 15.7 Å². The van der Waals surface area contributed by atoms with Crippen molar-refractivity contribution >= 4 is 33.9 Å². The zero-order valence-electron chi connectivity index (χ0n) is 16.4. The normalized spacial score (nSPS) is 15.1. The van der Waals surface area contributed by atoms with E-state index >= 15 is 0 Å². The summed E-state index contributed by atoms with van der Waals surface area (Å²) in [5, 5.41) is 4.89. The summed E-state index contributed by atoms with van der Waals surface area (Å²) in [5.41, 5.74) is 0.173. The lowest BCUT2D eigenvalue weighted by Crippen LogP contribution is -2.48. The summed E-state index contributed by atoms with van der Waals surface area (Å²) in [7, 11) is 0. The van der Waals surface area contributed by atoms with E-state index in [1.807, 2.05) is 9.80 Å². The molecule has 1 aliphatic rings. The van der Waals surface area contributed by atoms with E-state index in [0.717, 1.165) is 12.1 Å². The molecular weight excluding hydrogens is 419 g/mol. The molecule has 0 atom stereocenters. The number of hydrogen-bond donors (Lipinski definition) is 1. The van der Waals surface area contributed by atoms with E-state index in [9.17, 15) is 22.8 Å². The van der Waals surface area contributed by atoms with E-state index in [0.29, 0.717) is 42.4 Å². The number of alkyl halides is 3. The molecule has 0 spiro atoms. The van der Waals surface area contributed by atoms with Crippen LogP contribution in [0.1, 0.15) is 22.8 Å². The van der Waals surface area contributed by atoms with Crippen molar-refractivity contribution in [3.05, 3.63) is 46.8 Å². The Balaban J connectivity index is 1.52. The molecule has 2 aromatic rings. The maximum atomic E-state index is 12.9. The highest BCUT2D eigenvalue weighted by molar-refractivity contribution is 7.14. The van der Waals surface area contributed by atoms with Crippen molar-refractivity contribution < 1.29 is 27.5 Å². The molecule has 162 valence electrons. The van der Waals surface area contributed by atoms with Gasteiger partial charge in [-0.2, -0.15) is 13.2 Å². The molecule has 1 aromatic heterocycles. The number of carbonyl (C=O) groups is 2. The van der Waals surface area contributed by atoms with Gasteiger partial charge < -0.3 is 15.0 Å². The Labute approximate surface area is 176 Å². The second-order valence-electron chi connectivity index (χ2n) is 6.74. The third-order valence-corrected chi connectivity index (χ3v) is 5.52. The number of nitrogens with zero attached hydrogens (tertiary/aromatic N) is 2. The number of amides is 1. The Bertz CT molecular complexity index is 893. The minimum atomic E-state index is -4.37. The van der Waals surface area contributed by atoms with Crippen molar-refractivity contribution in [1.29, 1.82) is 0 Å². The number of carbonyl (C=O) groups excluding carboxylic acids is 2. The van der Waals surface area contributed by atoms with Gasteiger partial charge in [-0.1, -0.05) is 6.07 Å². The number of thiophene rings is 1. The first-order chi connectivity index (χ1) is 14.3. The van der Waals surface area contributed by atoms with Gasteiger partial charge in [0.05, 0.1) is 24.3 Å². The van der Waals surface area contributed by atoms with Gasteiger partial charge in [-0.05, 0) is 36.6 Å². The molecule has 10 heteroatoms. The van der Waals surface area contributed by atoms with Crippen LogP contribution in [-0.4, -0.2) is 56.1 Å². The molecule has 0 bridgehead atoms. The van der Waals surface area contributed by atoms with E-state index < -0.39 is 17.7 Å². The van der Waals surface area contributed by atoms with E-state index in [-0.39, 0.29) is 19.1 Å². The summed E-state index contributed by atoms with van der Waals surface area (Å²) in [4.78, 5) is 28.1. The van der Waals surface area contributed by atoms with Gasteiger partial charge in [0, 0.05) is 31.9 Å². The fourth-order valence-corrected chi connectivity index (χ4v) is 3.98. The van der Waals surface area contributed by atoms with Gasteiger partial charge in [0.1, 0.15) is 5.00 Å². The molecule has 0 unspecified atom stereocenters.